The average molecular weight is 311 g/mol. The minimum atomic E-state index is 0.310. The Morgan fingerprint density at radius 3 is 2.82 bits per heavy atom. The van der Waals surface area contributed by atoms with E-state index in [0.29, 0.717) is 12.3 Å². The maximum Gasteiger partial charge on any atom is 0.120 e. The molecule has 0 radical (unpaired) electrons. The molecule has 3 rings (SSSR count). The zero-order valence-electron chi connectivity index (χ0n) is 12.3. The van der Waals surface area contributed by atoms with Gasteiger partial charge in [0, 0.05) is 36.6 Å². The summed E-state index contributed by atoms with van der Waals surface area (Å²) in [5.74, 6) is 0.310. The van der Waals surface area contributed by atoms with Crippen molar-refractivity contribution in [3.63, 3.8) is 0 Å². The van der Waals surface area contributed by atoms with E-state index in [-0.39, 0.29) is 0 Å². The minimum absolute atomic E-state index is 0.310. The highest BCUT2D eigenvalue weighted by Gasteiger charge is 2.09. The van der Waals surface area contributed by atoms with Crippen LogP contribution in [0.5, 0.6) is 5.75 Å². The summed E-state index contributed by atoms with van der Waals surface area (Å²) in [4.78, 5) is 10.6. The maximum atomic E-state index is 10.1. The molecule has 4 nitrogen and oxygen atoms in total. The number of nitrogens with zero attached hydrogens (tertiary/aromatic N) is 3. The zero-order chi connectivity index (χ0) is 15.4. The van der Waals surface area contributed by atoms with Gasteiger partial charge in [0.05, 0.1) is 11.9 Å². The number of aromatic hydroxyl groups is 1. The summed E-state index contributed by atoms with van der Waals surface area (Å²) in [6, 6.07) is 7.68. The van der Waals surface area contributed by atoms with Gasteiger partial charge in [-0.15, -0.1) is 0 Å². The van der Waals surface area contributed by atoms with Crippen molar-refractivity contribution in [2.24, 2.45) is 0 Å². The smallest absolute Gasteiger partial charge is 0.120 e. The Hall–Kier alpha value is -2.24. The standard InChI is InChI=1S/C17H17N3OS/c1-20(10-13-4-7-22-12-13)11-15-8-14(2-3-17(15)21)16-9-18-5-6-19-16/h2-9,12,21H,10-11H2,1H3. The molecular formula is C17H17N3OS. The van der Waals surface area contributed by atoms with E-state index in [9.17, 15) is 5.11 Å². The van der Waals surface area contributed by atoms with Crippen LogP contribution in [0.3, 0.4) is 0 Å². The lowest BCUT2D eigenvalue weighted by molar-refractivity contribution is 0.313. The molecule has 0 spiro atoms. The Labute approximate surface area is 133 Å². The molecular weight excluding hydrogens is 294 g/mol. The number of aromatic nitrogens is 2. The molecule has 0 aliphatic carbocycles. The van der Waals surface area contributed by atoms with E-state index in [0.717, 1.165) is 23.4 Å². The number of hydrogen-bond donors (Lipinski definition) is 1. The van der Waals surface area contributed by atoms with Gasteiger partial charge in [-0.1, -0.05) is 0 Å². The van der Waals surface area contributed by atoms with Gasteiger partial charge >= 0.3 is 0 Å². The number of phenolic OH excluding ortho intramolecular Hbond substituents is 1. The van der Waals surface area contributed by atoms with Crippen LogP contribution in [0.1, 0.15) is 11.1 Å². The molecule has 0 saturated carbocycles. The highest BCUT2D eigenvalue weighted by atomic mass is 32.1. The molecule has 2 heterocycles. The summed E-state index contributed by atoms with van der Waals surface area (Å²) in [7, 11) is 2.05. The summed E-state index contributed by atoms with van der Waals surface area (Å²) >= 11 is 1.70. The molecule has 0 atom stereocenters. The molecule has 0 saturated heterocycles. The van der Waals surface area contributed by atoms with E-state index in [1.165, 1.54) is 5.56 Å². The number of thiophene rings is 1. The molecule has 0 aliphatic heterocycles. The van der Waals surface area contributed by atoms with E-state index >= 15 is 0 Å². The molecule has 1 aromatic carbocycles. The van der Waals surface area contributed by atoms with Crippen LogP contribution in [0.25, 0.3) is 11.3 Å². The molecule has 112 valence electrons. The third-order valence-corrected chi connectivity index (χ3v) is 4.14. The summed E-state index contributed by atoms with van der Waals surface area (Å²) in [6.45, 7) is 1.54. The van der Waals surface area contributed by atoms with E-state index in [1.807, 2.05) is 19.2 Å². The zero-order valence-corrected chi connectivity index (χ0v) is 13.1. The van der Waals surface area contributed by atoms with Gasteiger partial charge in [0.25, 0.3) is 0 Å². The average Bonchev–Trinajstić information content (AvgIpc) is 3.03. The quantitative estimate of drug-likeness (QED) is 0.783. The van der Waals surface area contributed by atoms with Gasteiger partial charge in [-0.05, 0) is 47.6 Å². The van der Waals surface area contributed by atoms with Crippen LogP contribution in [0, 0.1) is 0 Å². The maximum absolute atomic E-state index is 10.1. The predicted octanol–water partition coefficient (Wildman–Crippen LogP) is 3.54. The minimum Gasteiger partial charge on any atom is -0.508 e. The van der Waals surface area contributed by atoms with Crippen molar-refractivity contribution in [2.75, 3.05) is 7.05 Å². The largest absolute Gasteiger partial charge is 0.508 e. The van der Waals surface area contributed by atoms with E-state index in [1.54, 1.807) is 36.0 Å². The van der Waals surface area contributed by atoms with Crippen LogP contribution in [-0.4, -0.2) is 27.0 Å². The Balaban J connectivity index is 1.78. The Morgan fingerprint density at radius 1 is 1.18 bits per heavy atom. The van der Waals surface area contributed by atoms with Crippen molar-refractivity contribution >= 4 is 11.3 Å². The van der Waals surface area contributed by atoms with E-state index < -0.39 is 0 Å². The lowest BCUT2D eigenvalue weighted by atomic mass is 10.1. The Morgan fingerprint density at radius 2 is 2.09 bits per heavy atom. The molecule has 0 amide bonds. The van der Waals surface area contributed by atoms with Gasteiger partial charge in [-0.2, -0.15) is 11.3 Å². The highest BCUT2D eigenvalue weighted by Crippen LogP contribution is 2.25. The van der Waals surface area contributed by atoms with Gasteiger partial charge in [-0.25, -0.2) is 0 Å². The van der Waals surface area contributed by atoms with Crippen molar-refractivity contribution in [3.05, 3.63) is 64.7 Å². The lowest BCUT2D eigenvalue weighted by Gasteiger charge is -2.17. The van der Waals surface area contributed by atoms with Crippen LogP contribution in [0.15, 0.2) is 53.6 Å². The molecule has 2 aromatic heterocycles. The van der Waals surface area contributed by atoms with Crippen LogP contribution in [0.4, 0.5) is 0 Å². The van der Waals surface area contributed by atoms with Crippen LogP contribution >= 0.6 is 11.3 Å². The Bertz CT molecular complexity index is 729. The van der Waals surface area contributed by atoms with Crippen molar-refractivity contribution in [1.29, 1.82) is 0 Å². The first-order chi connectivity index (χ1) is 10.7. The monoisotopic (exact) mass is 311 g/mol. The number of benzene rings is 1. The van der Waals surface area contributed by atoms with Crippen LogP contribution in [0.2, 0.25) is 0 Å². The van der Waals surface area contributed by atoms with Crippen LogP contribution in [-0.2, 0) is 13.1 Å². The first-order valence-electron chi connectivity index (χ1n) is 7.00. The van der Waals surface area contributed by atoms with Crippen molar-refractivity contribution in [2.45, 2.75) is 13.1 Å². The van der Waals surface area contributed by atoms with Gasteiger partial charge < -0.3 is 5.11 Å². The summed E-state index contributed by atoms with van der Waals surface area (Å²) in [5.41, 5.74) is 3.95. The summed E-state index contributed by atoms with van der Waals surface area (Å²) < 4.78 is 0. The number of phenols is 1. The Kier molecular flexibility index (Phi) is 4.46. The molecule has 5 heteroatoms. The first-order valence-corrected chi connectivity index (χ1v) is 7.94. The second-order valence-electron chi connectivity index (χ2n) is 5.24. The molecule has 0 unspecified atom stereocenters. The topological polar surface area (TPSA) is 49.2 Å². The fraction of sp³-hybridized carbons (Fsp3) is 0.176. The molecule has 0 fully saturated rings. The van der Waals surface area contributed by atoms with E-state index in [2.05, 4.69) is 31.7 Å². The van der Waals surface area contributed by atoms with Gasteiger partial charge in [0.1, 0.15) is 5.75 Å². The molecule has 22 heavy (non-hydrogen) atoms. The van der Waals surface area contributed by atoms with Crippen molar-refractivity contribution in [3.8, 4) is 17.0 Å². The van der Waals surface area contributed by atoms with Gasteiger partial charge in [0.15, 0.2) is 0 Å². The number of hydrogen-bond acceptors (Lipinski definition) is 5. The molecule has 1 N–H and O–H groups in total. The highest BCUT2D eigenvalue weighted by molar-refractivity contribution is 7.07. The normalized spacial score (nSPS) is 11.0. The van der Waals surface area contributed by atoms with Gasteiger partial charge in [-0.3, -0.25) is 14.9 Å². The third-order valence-electron chi connectivity index (χ3n) is 3.41. The third kappa shape index (κ3) is 3.50. The SMILES string of the molecule is CN(Cc1ccsc1)Cc1cc(-c2cnccn2)ccc1O. The molecule has 3 aromatic rings. The lowest BCUT2D eigenvalue weighted by Crippen LogP contribution is -2.16. The fourth-order valence-electron chi connectivity index (χ4n) is 2.36. The second-order valence-corrected chi connectivity index (χ2v) is 6.02. The second kappa shape index (κ2) is 6.68. The van der Waals surface area contributed by atoms with Gasteiger partial charge in [0.2, 0.25) is 0 Å². The first kappa shape index (κ1) is 14.7. The summed E-state index contributed by atoms with van der Waals surface area (Å²) in [6.07, 6.45) is 5.05. The fourth-order valence-corrected chi connectivity index (χ4v) is 3.02. The van der Waals surface area contributed by atoms with Crippen molar-refractivity contribution in [1.82, 2.24) is 14.9 Å². The molecule has 0 bridgehead atoms. The predicted molar refractivity (Wildman–Crippen MR) is 88.6 cm³/mol. The number of rotatable bonds is 5. The summed E-state index contributed by atoms with van der Waals surface area (Å²) in [5, 5.41) is 14.3. The molecule has 0 aliphatic rings. The van der Waals surface area contributed by atoms with E-state index in [4.69, 9.17) is 0 Å². The van der Waals surface area contributed by atoms with Crippen molar-refractivity contribution < 1.29 is 5.11 Å². The van der Waals surface area contributed by atoms with Crippen LogP contribution < -0.4 is 0 Å².